The fourth-order valence-electron chi connectivity index (χ4n) is 1.89. The van der Waals surface area contributed by atoms with Crippen LogP contribution in [-0.4, -0.2) is 26.2 Å². The van der Waals surface area contributed by atoms with Crippen LogP contribution in [0.3, 0.4) is 0 Å². The van der Waals surface area contributed by atoms with Crippen LogP contribution >= 0.6 is 0 Å². The Balaban J connectivity index is 2.81. The van der Waals surface area contributed by atoms with Crippen LogP contribution in [0.5, 0.6) is 0 Å². The summed E-state index contributed by atoms with van der Waals surface area (Å²) in [5.74, 6) is -1.45. The second-order valence-corrected chi connectivity index (χ2v) is 4.22. The number of carbonyl (C=O) groups excluding carboxylic acids is 2. The third-order valence-corrected chi connectivity index (χ3v) is 3.06. The van der Waals surface area contributed by atoms with Crippen molar-refractivity contribution in [2.45, 2.75) is 13.8 Å². The molecule has 0 N–H and O–H groups in total. The minimum atomic E-state index is -0.702. The minimum absolute atomic E-state index is 0.104. The van der Waals surface area contributed by atoms with E-state index in [0.717, 1.165) is 11.1 Å². The number of rotatable bonds is 2. The van der Waals surface area contributed by atoms with Crippen LogP contribution < -0.4 is 0 Å². The molecular weight excluding hydrogens is 248 g/mol. The van der Waals surface area contributed by atoms with Gasteiger partial charge in [0.05, 0.1) is 14.2 Å². The zero-order valence-corrected chi connectivity index (χ0v) is 11.2. The van der Waals surface area contributed by atoms with Crippen LogP contribution in [0.25, 0.3) is 11.0 Å². The monoisotopic (exact) mass is 262 g/mol. The van der Waals surface area contributed by atoms with E-state index in [1.54, 1.807) is 12.1 Å². The number of ether oxygens (including phenoxy) is 2. The first-order valence-corrected chi connectivity index (χ1v) is 5.70. The molecule has 1 heterocycles. The molecule has 100 valence electrons. The smallest absolute Gasteiger partial charge is 0.374 e. The number of benzene rings is 1. The van der Waals surface area contributed by atoms with E-state index in [-0.39, 0.29) is 11.3 Å². The molecule has 0 bridgehead atoms. The molecule has 0 unspecified atom stereocenters. The van der Waals surface area contributed by atoms with Gasteiger partial charge in [-0.25, -0.2) is 9.59 Å². The number of methoxy groups -OCH3 is 2. The molecule has 5 nitrogen and oxygen atoms in total. The second-order valence-electron chi connectivity index (χ2n) is 4.22. The van der Waals surface area contributed by atoms with E-state index in [0.29, 0.717) is 11.0 Å². The molecular formula is C14H14O5. The number of hydrogen-bond acceptors (Lipinski definition) is 5. The van der Waals surface area contributed by atoms with Crippen molar-refractivity contribution in [3.63, 3.8) is 0 Å². The van der Waals surface area contributed by atoms with Crippen LogP contribution in [0, 0.1) is 13.8 Å². The van der Waals surface area contributed by atoms with E-state index >= 15 is 0 Å². The maximum atomic E-state index is 11.8. The molecule has 2 rings (SSSR count). The van der Waals surface area contributed by atoms with Gasteiger partial charge in [0.15, 0.2) is 0 Å². The molecule has 0 amide bonds. The van der Waals surface area contributed by atoms with E-state index in [9.17, 15) is 9.59 Å². The zero-order chi connectivity index (χ0) is 14.2. The fourth-order valence-corrected chi connectivity index (χ4v) is 1.89. The molecule has 0 radical (unpaired) electrons. The van der Waals surface area contributed by atoms with Gasteiger partial charge in [-0.05, 0) is 37.1 Å². The highest BCUT2D eigenvalue weighted by Gasteiger charge is 2.27. The third kappa shape index (κ3) is 2.07. The number of furan rings is 1. The molecule has 0 saturated carbocycles. The summed E-state index contributed by atoms with van der Waals surface area (Å²) in [5.41, 5.74) is 2.57. The average Bonchev–Trinajstić information content (AvgIpc) is 2.76. The number of esters is 2. The van der Waals surface area contributed by atoms with Crippen LogP contribution in [0.1, 0.15) is 32.0 Å². The lowest BCUT2D eigenvalue weighted by Crippen LogP contribution is -2.09. The lowest BCUT2D eigenvalue weighted by molar-refractivity contribution is 0.0531. The van der Waals surface area contributed by atoms with Crippen molar-refractivity contribution >= 4 is 22.9 Å². The van der Waals surface area contributed by atoms with Crippen molar-refractivity contribution in [1.29, 1.82) is 0 Å². The molecule has 2 aromatic rings. The Morgan fingerprint density at radius 1 is 1.00 bits per heavy atom. The SMILES string of the molecule is COC(=O)c1oc2cc(C)c(C)cc2c1C(=O)OC. The summed E-state index contributed by atoms with van der Waals surface area (Å²) in [6, 6.07) is 3.58. The van der Waals surface area contributed by atoms with Gasteiger partial charge >= 0.3 is 11.9 Å². The first-order valence-electron chi connectivity index (χ1n) is 5.70. The summed E-state index contributed by atoms with van der Waals surface area (Å²) in [6.45, 7) is 3.84. The Labute approximate surface area is 110 Å². The van der Waals surface area contributed by atoms with Crippen molar-refractivity contribution in [1.82, 2.24) is 0 Å². The fraction of sp³-hybridized carbons (Fsp3) is 0.286. The summed E-state index contributed by atoms with van der Waals surface area (Å²) < 4.78 is 14.8. The Bertz CT molecular complexity index is 666. The third-order valence-electron chi connectivity index (χ3n) is 3.06. The van der Waals surface area contributed by atoms with Crippen LogP contribution in [0.4, 0.5) is 0 Å². The predicted octanol–water partition coefficient (Wildman–Crippen LogP) is 2.62. The normalized spacial score (nSPS) is 10.5. The number of aryl methyl sites for hydroxylation is 2. The standard InChI is InChI=1S/C14H14O5/c1-7-5-9-10(6-8(7)2)19-12(14(16)18-4)11(9)13(15)17-3/h5-6H,1-4H3. The van der Waals surface area contributed by atoms with Gasteiger partial charge in [0.2, 0.25) is 5.76 Å². The van der Waals surface area contributed by atoms with Gasteiger partial charge < -0.3 is 13.9 Å². The topological polar surface area (TPSA) is 65.7 Å². The van der Waals surface area contributed by atoms with Crippen molar-refractivity contribution in [3.05, 3.63) is 34.6 Å². The summed E-state index contributed by atoms with van der Waals surface area (Å²) in [6.07, 6.45) is 0. The minimum Gasteiger partial charge on any atom is -0.465 e. The molecule has 0 atom stereocenters. The number of fused-ring (bicyclic) bond motifs is 1. The van der Waals surface area contributed by atoms with E-state index in [4.69, 9.17) is 9.15 Å². The summed E-state index contributed by atoms with van der Waals surface area (Å²) in [7, 11) is 2.48. The molecule has 0 aliphatic carbocycles. The summed E-state index contributed by atoms with van der Waals surface area (Å²) in [4.78, 5) is 23.5. The highest BCUT2D eigenvalue weighted by atomic mass is 16.5. The molecule has 5 heteroatoms. The first kappa shape index (κ1) is 13.1. The zero-order valence-electron chi connectivity index (χ0n) is 11.2. The van der Waals surface area contributed by atoms with Crippen LogP contribution in [0.2, 0.25) is 0 Å². The van der Waals surface area contributed by atoms with E-state index in [1.165, 1.54) is 14.2 Å². The molecule has 1 aromatic heterocycles. The van der Waals surface area contributed by atoms with Gasteiger partial charge in [0, 0.05) is 5.39 Å². The summed E-state index contributed by atoms with van der Waals surface area (Å²) in [5, 5.41) is 0.551. The van der Waals surface area contributed by atoms with E-state index in [2.05, 4.69) is 4.74 Å². The lowest BCUT2D eigenvalue weighted by Gasteiger charge is -2.01. The molecule has 0 fully saturated rings. The second kappa shape index (κ2) is 4.76. The van der Waals surface area contributed by atoms with Gasteiger partial charge in [0.25, 0.3) is 0 Å². The van der Waals surface area contributed by atoms with E-state index in [1.807, 2.05) is 13.8 Å². The maximum Gasteiger partial charge on any atom is 0.374 e. The van der Waals surface area contributed by atoms with Crippen LogP contribution in [-0.2, 0) is 9.47 Å². The number of carbonyl (C=O) groups is 2. The van der Waals surface area contributed by atoms with Crippen molar-refractivity contribution in [3.8, 4) is 0 Å². The first-order chi connectivity index (χ1) is 8.99. The molecule has 1 aromatic carbocycles. The average molecular weight is 262 g/mol. The molecule has 0 aliphatic heterocycles. The Morgan fingerprint density at radius 3 is 2.16 bits per heavy atom. The Morgan fingerprint density at radius 2 is 1.58 bits per heavy atom. The highest BCUT2D eigenvalue weighted by molar-refractivity contribution is 6.11. The van der Waals surface area contributed by atoms with Gasteiger partial charge in [0.1, 0.15) is 11.1 Å². The maximum absolute atomic E-state index is 11.8. The molecule has 0 spiro atoms. The molecule has 0 aliphatic rings. The van der Waals surface area contributed by atoms with Gasteiger partial charge in [-0.1, -0.05) is 0 Å². The van der Waals surface area contributed by atoms with Gasteiger partial charge in [-0.3, -0.25) is 0 Å². The quantitative estimate of drug-likeness (QED) is 0.778. The van der Waals surface area contributed by atoms with Crippen LogP contribution in [0.15, 0.2) is 16.5 Å². The van der Waals surface area contributed by atoms with Crippen molar-refractivity contribution < 1.29 is 23.5 Å². The van der Waals surface area contributed by atoms with Gasteiger partial charge in [-0.2, -0.15) is 0 Å². The lowest BCUT2D eigenvalue weighted by atomic mass is 10.0. The molecule has 19 heavy (non-hydrogen) atoms. The highest BCUT2D eigenvalue weighted by Crippen LogP contribution is 2.29. The Kier molecular flexibility index (Phi) is 3.29. The predicted molar refractivity (Wildman–Crippen MR) is 68.4 cm³/mol. The van der Waals surface area contributed by atoms with Gasteiger partial charge in [-0.15, -0.1) is 0 Å². The number of hydrogen-bond donors (Lipinski definition) is 0. The Hall–Kier alpha value is -2.30. The molecule has 0 saturated heterocycles. The van der Waals surface area contributed by atoms with Crippen molar-refractivity contribution in [2.24, 2.45) is 0 Å². The van der Waals surface area contributed by atoms with E-state index < -0.39 is 11.9 Å². The largest absolute Gasteiger partial charge is 0.465 e. The summed E-state index contributed by atoms with van der Waals surface area (Å²) >= 11 is 0. The van der Waals surface area contributed by atoms with Crippen molar-refractivity contribution in [2.75, 3.05) is 14.2 Å².